The Morgan fingerprint density at radius 3 is 2.72 bits per heavy atom. The van der Waals surface area contributed by atoms with E-state index < -0.39 is 5.82 Å². The van der Waals surface area contributed by atoms with E-state index in [1.165, 1.54) is 25.6 Å². The fourth-order valence-corrected chi connectivity index (χ4v) is 1.44. The van der Waals surface area contributed by atoms with E-state index in [2.05, 4.69) is 9.97 Å². The fourth-order valence-electron chi connectivity index (χ4n) is 1.28. The molecular weight excluding hydrogens is 261 g/mol. The molecule has 7 heteroatoms. The van der Waals surface area contributed by atoms with Crippen LogP contribution in [-0.4, -0.2) is 17.1 Å². The van der Waals surface area contributed by atoms with Gasteiger partial charge in [0.2, 0.25) is 11.8 Å². The maximum Gasteiger partial charge on any atom is 0.249 e. The lowest BCUT2D eigenvalue weighted by molar-refractivity contribution is 0.387. The number of hydrogen-bond donors (Lipinski definition) is 1. The summed E-state index contributed by atoms with van der Waals surface area (Å²) < 4.78 is 23.8. The van der Waals surface area contributed by atoms with Gasteiger partial charge in [-0.05, 0) is 12.1 Å². The molecule has 5 nitrogen and oxygen atoms in total. The molecular formula is C11H9ClFN3O2. The molecule has 0 aliphatic rings. The number of hydrogen-bond acceptors (Lipinski definition) is 5. The third kappa shape index (κ3) is 2.28. The van der Waals surface area contributed by atoms with Crippen molar-refractivity contribution in [2.45, 2.75) is 0 Å². The van der Waals surface area contributed by atoms with Gasteiger partial charge in [-0.2, -0.15) is 9.97 Å². The summed E-state index contributed by atoms with van der Waals surface area (Å²) in [7, 11) is 1.41. The minimum absolute atomic E-state index is 0.00279. The topological polar surface area (TPSA) is 70.3 Å². The highest BCUT2D eigenvalue weighted by Crippen LogP contribution is 2.33. The standard InChI is InChI=1S/C11H9ClFN3O2/c1-17-10-9(14)11(16-5-15-10)18-7-4-2-3-6(12)8(7)13/h2-5H,14H2,1H3. The van der Waals surface area contributed by atoms with Gasteiger partial charge in [-0.15, -0.1) is 0 Å². The Morgan fingerprint density at radius 1 is 1.28 bits per heavy atom. The van der Waals surface area contributed by atoms with Crippen molar-refractivity contribution < 1.29 is 13.9 Å². The van der Waals surface area contributed by atoms with Gasteiger partial charge in [-0.25, -0.2) is 4.39 Å². The molecule has 1 aromatic carbocycles. The summed E-state index contributed by atoms with van der Waals surface area (Å²) in [6.45, 7) is 0. The van der Waals surface area contributed by atoms with E-state index in [9.17, 15) is 4.39 Å². The first kappa shape index (κ1) is 12.4. The third-order valence-corrected chi connectivity index (χ3v) is 2.42. The average molecular weight is 270 g/mol. The van der Waals surface area contributed by atoms with Gasteiger partial charge >= 0.3 is 0 Å². The van der Waals surface area contributed by atoms with Crippen LogP contribution in [-0.2, 0) is 0 Å². The van der Waals surface area contributed by atoms with Crippen molar-refractivity contribution in [2.24, 2.45) is 0 Å². The predicted octanol–water partition coefficient (Wildman–Crippen LogP) is 2.65. The minimum atomic E-state index is -0.684. The monoisotopic (exact) mass is 269 g/mol. The second-order valence-corrected chi connectivity index (χ2v) is 3.66. The molecule has 0 bridgehead atoms. The van der Waals surface area contributed by atoms with E-state index in [0.29, 0.717) is 0 Å². The quantitative estimate of drug-likeness (QED) is 0.927. The van der Waals surface area contributed by atoms with Gasteiger partial charge < -0.3 is 15.2 Å². The highest BCUT2D eigenvalue weighted by molar-refractivity contribution is 6.30. The van der Waals surface area contributed by atoms with Gasteiger partial charge in [0.25, 0.3) is 0 Å². The number of rotatable bonds is 3. The molecule has 2 rings (SSSR count). The normalized spacial score (nSPS) is 10.2. The molecule has 0 spiro atoms. The summed E-state index contributed by atoms with van der Waals surface area (Å²) >= 11 is 5.63. The van der Waals surface area contributed by atoms with Crippen molar-refractivity contribution in [3.63, 3.8) is 0 Å². The first-order valence-corrected chi connectivity index (χ1v) is 5.27. The van der Waals surface area contributed by atoms with E-state index >= 15 is 0 Å². The minimum Gasteiger partial charge on any atom is -0.479 e. The number of halogens is 2. The molecule has 2 aromatic rings. The molecule has 0 radical (unpaired) electrons. The Bertz CT molecular complexity index is 580. The van der Waals surface area contributed by atoms with E-state index in [4.69, 9.17) is 26.8 Å². The summed E-state index contributed by atoms with van der Waals surface area (Å²) in [5.41, 5.74) is 5.78. The lowest BCUT2D eigenvalue weighted by atomic mass is 10.3. The highest BCUT2D eigenvalue weighted by Gasteiger charge is 2.14. The Morgan fingerprint density at radius 2 is 2.00 bits per heavy atom. The molecule has 0 atom stereocenters. The van der Waals surface area contributed by atoms with Crippen molar-refractivity contribution in [3.8, 4) is 17.5 Å². The fraction of sp³-hybridized carbons (Fsp3) is 0.0909. The van der Waals surface area contributed by atoms with Crippen LogP contribution >= 0.6 is 11.6 Å². The second-order valence-electron chi connectivity index (χ2n) is 3.26. The molecule has 0 saturated heterocycles. The summed E-state index contributed by atoms with van der Waals surface area (Å²) in [4.78, 5) is 7.59. The number of aromatic nitrogens is 2. The first-order chi connectivity index (χ1) is 8.63. The van der Waals surface area contributed by atoms with Gasteiger partial charge in [-0.3, -0.25) is 0 Å². The lowest BCUT2D eigenvalue weighted by Gasteiger charge is -2.09. The van der Waals surface area contributed by atoms with Crippen molar-refractivity contribution in [1.82, 2.24) is 9.97 Å². The highest BCUT2D eigenvalue weighted by atomic mass is 35.5. The number of anilines is 1. The molecule has 0 amide bonds. The van der Waals surface area contributed by atoms with Gasteiger partial charge in [0.1, 0.15) is 6.33 Å². The molecule has 1 aromatic heterocycles. The molecule has 0 aliphatic carbocycles. The van der Waals surface area contributed by atoms with Crippen molar-refractivity contribution in [3.05, 3.63) is 35.4 Å². The van der Waals surface area contributed by atoms with Gasteiger partial charge in [0.15, 0.2) is 17.3 Å². The number of ether oxygens (including phenoxy) is 2. The smallest absolute Gasteiger partial charge is 0.249 e. The number of methoxy groups -OCH3 is 1. The molecule has 2 N–H and O–H groups in total. The van der Waals surface area contributed by atoms with Gasteiger partial charge in [0.05, 0.1) is 12.1 Å². The van der Waals surface area contributed by atoms with Crippen molar-refractivity contribution >= 4 is 17.3 Å². The van der Waals surface area contributed by atoms with Crippen LogP contribution in [0.5, 0.6) is 17.5 Å². The van der Waals surface area contributed by atoms with E-state index in [0.717, 1.165) is 0 Å². The maximum atomic E-state index is 13.6. The molecule has 0 fully saturated rings. The molecule has 18 heavy (non-hydrogen) atoms. The van der Waals surface area contributed by atoms with Crippen LogP contribution in [0.15, 0.2) is 24.5 Å². The largest absolute Gasteiger partial charge is 0.479 e. The number of nitrogens with zero attached hydrogens (tertiary/aromatic N) is 2. The summed E-state index contributed by atoms with van der Waals surface area (Å²) in [6, 6.07) is 4.37. The Labute approximate surface area is 107 Å². The zero-order valence-electron chi connectivity index (χ0n) is 9.35. The summed E-state index contributed by atoms with van der Waals surface area (Å²) in [6.07, 6.45) is 1.20. The lowest BCUT2D eigenvalue weighted by Crippen LogP contribution is -2.01. The zero-order valence-corrected chi connectivity index (χ0v) is 10.1. The predicted molar refractivity (Wildman–Crippen MR) is 64.5 cm³/mol. The Hall–Kier alpha value is -2.08. The number of benzene rings is 1. The van der Waals surface area contributed by atoms with E-state index in [1.54, 1.807) is 6.07 Å². The third-order valence-electron chi connectivity index (χ3n) is 2.13. The molecule has 0 saturated carbocycles. The average Bonchev–Trinajstić information content (AvgIpc) is 2.37. The molecule has 0 aliphatic heterocycles. The van der Waals surface area contributed by atoms with Gasteiger partial charge in [-0.1, -0.05) is 17.7 Å². The van der Waals surface area contributed by atoms with Crippen LogP contribution in [0.25, 0.3) is 0 Å². The van der Waals surface area contributed by atoms with Crippen LogP contribution in [0.3, 0.4) is 0 Å². The van der Waals surface area contributed by atoms with E-state index in [1.807, 2.05) is 0 Å². The van der Waals surface area contributed by atoms with Crippen LogP contribution in [0.2, 0.25) is 5.02 Å². The molecule has 94 valence electrons. The van der Waals surface area contributed by atoms with Gasteiger partial charge in [0, 0.05) is 0 Å². The SMILES string of the molecule is COc1ncnc(Oc2cccc(Cl)c2F)c1N. The number of nitrogen functional groups attached to an aromatic ring is 1. The Balaban J connectivity index is 2.37. The summed E-state index contributed by atoms with van der Waals surface area (Å²) in [5.74, 6) is -0.600. The molecule has 0 unspecified atom stereocenters. The van der Waals surface area contributed by atoms with Crippen LogP contribution in [0.4, 0.5) is 10.1 Å². The second kappa shape index (κ2) is 5.05. The van der Waals surface area contributed by atoms with E-state index in [-0.39, 0.29) is 28.2 Å². The van der Waals surface area contributed by atoms with Crippen molar-refractivity contribution in [2.75, 3.05) is 12.8 Å². The van der Waals surface area contributed by atoms with Crippen molar-refractivity contribution in [1.29, 1.82) is 0 Å². The van der Waals surface area contributed by atoms with Crippen LogP contribution in [0, 0.1) is 5.82 Å². The Kier molecular flexibility index (Phi) is 3.47. The summed E-state index contributed by atoms with van der Waals surface area (Å²) in [5, 5.41) is -0.0490. The number of nitrogens with two attached hydrogens (primary N) is 1. The van der Waals surface area contributed by atoms with Crippen LogP contribution in [0.1, 0.15) is 0 Å². The van der Waals surface area contributed by atoms with Crippen LogP contribution < -0.4 is 15.2 Å². The molecule has 1 heterocycles. The maximum absolute atomic E-state index is 13.6. The zero-order chi connectivity index (χ0) is 13.1. The first-order valence-electron chi connectivity index (χ1n) is 4.89.